The van der Waals surface area contributed by atoms with E-state index in [1.165, 1.54) is 17.7 Å². The zero-order valence-electron chi connectivity index (χ0n) is 12.2. The highest BCUT2D eigenvalue weighted by molar-refractivity contribution is 5.64. The number of hydrogen-bond acceptors (Lipinski definition) is 3. The second-order valence-electron chi connectivity index (χ2n) is 4.98. The Bertz CT molecular complexity index is 764. The van der Waals surface area contributed by atoms with Gasteiger partial charge in [0.05, 0.1) is 12.3 Å². The number of nitrogens with zero attached hydrogens (tertiary/aromatic N) is 3. The van der Waals surface area contributed by atoms with Crippen LogP contribution in [-0.2, 0) is 13.0 Å². The number of halogens is 1. The maximum atomic E-state index is 13.1. The molecule has 0 bridgehead atoms. The van der Waals surface area contributed by atoms with Crippen LogP contribution in [0.1, 0.15) is 18.2 Å². The number of hydrogen-bond donors (Lipinski definition) is 1. The highest BCUT2D eigenvalue weighted by atomic mass is 19.1. The lowest BCUT2D eigenvalue weighted by molar-refractivity contribution is 0.277. The Kier molecular flexibility index (Phi) is 3.98. The van der Waals surface area contributed by atoms with Crippen LogP contribution in [0, 0.1) is 5.82 Å². The zero-order chi connectivity index (χ0) is 15.5. The fourth-order valence-electron chi connectivity index (χ4n) is 2.37. The number of aryl methyl sites for hydroxylation is 1. The molecule has 3 rings (SSSR count). The summed E-state index contributed by atoms with van der Waals surface area (Å²) in [5.41, 5.74) is 3.98. The van der Waals surface area contributed by atoms with Crippen molar-refractivity contribution in [3.8, 4) is 16.9 Å². The van der Waals surface area contributed by atoms with E-state index in [2.05, 4.69) is 17.2 Å². The maximum absolute atomic E-state index is 13.1. The average molecular weight is 297 g/mol. The van der Waals surface area contributed by atoms with Crippen LogP contribution >= 0.6 is 0 Å². The Hall–Kier alpha value is -2.53. The standard InChI is InChI=1S/C17H16FN3O/c1-2-12-3-9-15(10-4-12)21-17(16(11-22)19-20-21)13-5-7-14(18)8-6-13/h3-10,22H,2,11H2,1H3. The minimum Gasteiger partial charge on any atom is -0.390 e. The summed E-state index contributed by atoms with van der Waals surface area (Å²) >= 11 is 0. The van der Waals surface area contributed by atoms with Gasteiger partial charge in [-0.25, -0.2) is 9.07 Å². The Balaban J connectivity index is 2.11. The Morgan fingerprint density at radius 1 is 1.05 bits per heavy atom. The molecule has 2 aromatic carbocycles. The molecule has 112 valence electrons. The van der Waals surface area contributed by atoms with Crippen LogP contribution in [0.25, 0.3) is 16.9 Å². The molecule has 0 saturated heterocycles. The fraction of sp³-hybridized carbons (Fsp3) is 0.176. The lowest BCUT2D eigenvalue weighted by atomic mass is 10.1. The predicted octanol–water partition coefficient (Wildman–Crippen LogP) is 3.13. The summed E-state index contributed by atoms with van der Waals surface area (Å²) in [7, 11) is 0. The highest BCUT2D eigenvalue weighted by Gasteiger charge is 2.15. The van der Waals surface area contributed by atoms with Gasteiger partial charge in [0.15, 0.2) is 0 Å². The van der Waals surface area contributed by atoms with E-state index in [-0.39, 0.29) is 12.4 Å². The first-order chi connectivity index (χ1) is 10.7. The zero-order valence-corrected chi connectivity index (χ0v) is 12.2. The van der Waals surface area contributed by atoms with Gasteiger partial charge in [-0.1, -0.05) is 24.3 Å². The maximum Gasteiger partial charge on any atom is 0.123 e. The second-order valence-corrected chi connectivity index (χ2v) is 4.98. The third-order valence-corrected chi connectivity index (χ3v) is 3.60. The molecule has 0 fully saturated rings. The Morgan fingerprint density at radius 2 is 1.73 bits per heavy atom. The molecule has 5 heteroatoms. The monoisotopic (exact) mass is 297 g/mol. The topological polar surface area (TPSA) is 50.9 Å². The summed E-state index contributed by atoms with van der Waals surface area (Å²) in [6, 6.07) is 14.1. The molecule has 0 saturated carbocycles. The van der Waals surface area contributed by atoms with Gasteiger partial charge in [-0.05, 0) is 48.4 Å². The van der Waals surface area contributed by atoms with E-state index in [0.717, 1.165) is 17.7 Å². The van der Waals surface area contributed by atoms with E-state index in [0.29, 0.717) is 11.4 Å². The van der Waals surface area contributed by atoms with Crippen molar-refractivity contribution >= 4 is 0 Å². The predicted molar refractivity (Wildman–Crippen MR) is 82.1 cm³/mol. The highest BCUT2D eigenvalue weighted by Crippen LogP contribution is 2.25. The summed E-state index contributed by atoms with van der Waals surface area (Å²) in [5.74, 6) is -0.305. The molecular formula is C17H16FN3O. The molecular weight excluding hydrogens is 281 g/mol. The molecule has 0 amide bonds. The lowest BCUT2D eigenvalue weighted by Crippen LogP contribution is -2.00. The first kappa shape index (κ1) is 14.4. The van der Waals surface area contributed by atoms with Crippen molar-refractivity contribution in [1.82, 2.24) is 15.0 Å². The van der Waals surface area contributed by atoms with E-state index >= 15 is 0 Å². The molecule has 22 heavy (non-hydrogen) atoms. The summed E-state index contributed by atoms with van der Waals surface area (Å²) < 4.78 is 14.8. The number of aliphatic hydroxyl groups excluding tert-OH is 1. The van der Waals surface area contributed by atoms with E-state index in [4.69, 9.17) is 0 Å². The van der Waals surface area contributed by atoms with Crippen molar-refractivity contribution in [2.45, 2.75) is 20.0 Å². The van der Waals surface area contributed by atoms with Crippen molar-refractivity contribution in [1.29, 1.82) is 0 Å². The van der Waals surface area contributed by atoms with Crippen LogP contribution in [0.4, 0.5) is 4.39 Å². The number of aromatic nitrogens is 3. The van der Waals surface area contributed by atoms with Crippen molar-refractivity contribution in [2.24, 2.45) is 0 Å². The second kappa shape index (κ2) is 6.07. The molecule has 3 aromatic rings. The molecule has 0 aliphatic heterocycles. The van der Waals surface area contributed by atoms with Crippen LogP contribution in [-0.4, -0.2) is 20.1 Å². The molecule has 0 aliphatic rings. The normalized spacial score (nSPS) is 10.9. The minimum absolute atomic E-state index is 0.222. The van der Waals surface area contributed by atoms with Crippen molar-refractivity contribution in [3.63, 3.8) is 0 Å². The number of aliphatic hydroxyl groups is 1. The number of rotatable bonds is 4. The van der Waals surface area contributed by atoms with Gasteiger partial charge in [-0.15, -0.1) is 5.10 Å². The van der Waals surface area contributed by atoms with Gasteiger partial charge >= 0.3 is 0 Å². The van der Waals surface area contributed by atoms with Gasteiger partial charge < -0.3 is 5.11 Å². The van der Waals surface area contributed by atoms with Crippen molar-refractivity contribution < 1.29 is 9.50 Å². The molecule has 0 aliphatic carbocycles. The van der Waals surface area contributed by atoms with E-state index < -0.39 is 0 Å². The van der Waals surface area contributed by atoms with Gasteiger partial charge in [0, 0.05) is 5.56 Å². The summed E-state index contributed by atoms with van der Waals surface area (Å²) in [5, 5.41) is 17.6. The quantitative estimate of drug-likeness (QED) is 0.805. The smallest absolute Gasteiger partial charge is 0.123 e. The molecule has 4 nitrogen and oxygen atoms in total. The number of benzene rings is 2. The van der Waals surface area contributed by atoms with Crippen molar-refractivity contribution in [3.05, 3.63) is 65.6 Å². The molecule has 0 spiro atoms. The van der Waals surface area contributed by atoms with Gasteiger partial charge in [-0.2, -0.15) is 0 Å². The molecule has 1 heterocycles. The van der Waals surface area contributed by atoms with Crippen LogP contribution < -0.4 is 0 Å². The van der Waals surface area contributed by atoms with Gasteiger partial charge in [-0.3, -0.25) is 0 Å². The van der Waals surface area contributed by atoms with E-state index in [1.807, 2.05) is 24.3 Å². The Labute approximate surface area is 127 Å². The van der Waals surface area contributed by atoms with Gasteiger partial charge in [0.1, 0.15) is 17.2 Å². The summed E-state index contributed by atoms with van der Waals surface area (Å²) in [6.45, 7) is 1.87. The summed E-state index contributed by atoms with van der Waals surface area (Å²) in [4.78, 5) is 0. The SMILES string of the molecule is CCc1ccc(-n2nnc(CO)c2-c2ccc(F)cc2)cc1. The van der Waals surface area contributed by atoms with Gasteiger partial charge in [0.2, 0.25) is 0 Å². The largest absolute Gasteiger partial charge is 0.390 e. The average Bonchev–Trinajstić information content (AvgIpc) is 2.99. The van der Waals surface area contributed by atoms with Crippen molar-refractivity contribution in [2.75, 3.05) is 0 Å². The van der Waals surface area contributed by atoms with E-state index in [1.54, 1.807) is 16.8 Å². The van der Waals surface area contributed by atoms with E-state index in [9.17, 15) is 9.50 Å². The molecule has 1 aromatic heterocycles. The first-order valence-electron chi connectivity index (χ1n) is 7.13. The molecule has 0 unspecified atom stereocenters. The third kappa shape index (κ3) is 2.63. The van der Waals surface area contributed by atoms with Gasteiger partial charge in [0.25, 0.3) is 0 Å². The van der Waals surface area contributed by atoms with Crippen LogP contribution in [0.2, 0.25) is 0 Å². The van der Waals surface area contributed by atoms with Crippen LogP contribution in [0.15, 0.2) is 48.5 Å². The lowest BCUT2D eigenvalue weighted by Gasteiger charge is -2.08. The molecule has 1 N–H and O–H groups in total. The third-order valence-electron chi connectivity index (χ3n) is 3.60. The Morgan fingerprint density at radius 3 is 2.32 bits per heavy atom. The van der Waals surface area contributed by atoms with Crippen LogP contribution in [0.5, 0.6) is 0 Å². The first-order valence-corrected chi connectivity index (χ1v) is 7.13. The molecule has 0 radical (unpaired) electrons. The fourth-order valence-corrected chi connectivity index (χ4v) is 2.37. The molecule has 0 atom stereocenters. The minimum atomic E-state index is -0.305. The summed E-state index contributed by atoms with van der Waals surface area (Å²) in [6.07, 6.45) is 0.963. The van der Waals surface area contributed by atoms with Crippen LogP contribution in [0.3, 0.4) is 0 Å².